The highest BCUT2D eigenvalue weighted by atomic mass is 15.2. The van der Waals surface area contributed by atoms with Gasteiger partial charge in [-0.3, -0.25) is 0 Å². The summed E-state index contributed by atoms with van der Waals surface area (Å²) in [6, 6.07) is 57.3. The number of nitrogens with zero attached hydrogens (tertiary/aromatic N) is 2. The van der Waals surface area contributed by atoms with Crippen LogP contribution in [0.2, 0.25) is 0 Å². The largest absolute Gasteiger partial charge is 0.309 e. The minimum absolute atomic E-state index is 1.15. The predicted molar refractivity (Wildman–Crippen MR) is 177 cm³/mol. The molecule has 7 aromatic carbocycles. The minimum atomic E-state index is 1.15. The van der Waals surface area contributed by atoms with E-state index in [-0.39, 0.29) is 0 Å². The first-order valence-electron chi connectivity index (χ1n) is 14.5. The van der Waals surface area contributed by atoms with Crippen LogP contribution in [-0.4, -0.2) is 4.57 Å². The van der Waals surface area contributed by atoms with Gasteiger partial charge in [0.2, 0.25) is 0 Å². The number of aromatic nitrogens is 1. The van der Waals surface area contributed by atoms with E-state index in [1.54, 1.807) is 0 Å². The average molecular weight is 535 g/mol. The normalized spacial score (nSPS) is 12.2. The van der Waals surface area contributed by atoms with Gasteiger partial charge in [-0.25, -0.2) is 0 Å². The van der Waals surface area contributed by atoms with E-state index in [4.69, 9.17) is 0 Å². The molecule has 9 rings (SSSR count). The lowest BCUT2D eigenvalue weighted by molar-refractivity contribution is 1.17. The van der Waals surface area contributed by atoms with E-state index in [2.05, 4.69) is 167 Å². The SMILES string of the molecule is c1ccc(-c2cc3c4c(cccc4c2)N(c2cccc(-n4c5ccccc5c5ccccc54)c2)c2ccccc2-3)cc1. The molecule has 2 heterocycles. The summed E-state index contributed by atoms with van der Waals surface area (Å²) < 4.78 is 2.39. The Morgan fingerprint density at radius 2 is 1.02 bits per heavy atom. The van der Waals surface area contributed by atoms with Crippen LogP contribution in [0.25, 0.3) is 60.5 Å². The van der Waals surface area contributed by atoms with Crippen molar-refractivity contribution in [1.82, 2.24) is 4.57 Å². The maximum Gasteiger partial charge on any atom is 0.0546 e. The van der Waals surface area contributed by atoms with Gasteiger partial charge in [0.25, 0.3) is 0 Å². The number of benzene rings is 7. The van der Waals surface area contributed by atoms with Crippen molar-refractivity contribution < 1.29 is 0 Å². The molecule has 42 heavy (non-hydrogen) atoms. The second-order valence-electron chi connectivity index (χ2n) is 11.0. The van der Waals surface area contributed by atoms with Crippen LogP contribution < -0.4 is 4.90 Å². The molecule has 196 valence electrons. The number of fused-ring (bicyclic) bond motifs is 5. The monoisotopic (exact) mass is 534 g/mol. The zero-order valence-corrected chi connectivity index (χ0v) is 22.9. The molecule has 1 aliphatic rings. The second-order valence-corrected chi connectivity index (χ2v) is 11.0. The third-order valence-corrected chi connectivity index (χ3v) is 8.66. The van der Waals surface area contributed by atoms with Crippen molar-refractivity contribution in [3.63, 3.8) is 0 Å². The third-order valence-electron chi connectivity index (χ3n) is 8.66. The molecule has 0 fully saturated rings. The van der Waals surface area contributed by atoms with E-state index in [1.165, 1.54) is 66.2 Å². The molecule has 1 aliphatic heterocycles. The van der Waals surface area contributed by atoms with Gasteiger partial charge >= 0.3 is 0 Å². The van der Waals surface area contributed by atoms with Crippen LogP contribution in [0.5, 0.6) is 0 Å². The Morgan fingerprint density at radius 3 is 1.83 bits per heavy atom. The first-order valence-corrected chi connectivity index (χ1v) is 14.5. The molecular formula is C40H26N2. The van der Waals surface area contributed by atoms with Gasteiger partial charge in [0.15, 0.2) is 0 Å². The molecule has 0 unspecified atom stereocenters. The van der Waals surface area contributed by atoms with E-state index < -0.39 is 0 Å². The summed E-state index contributed by atoms with van der Waals surface area (Å²) in [5, 5.41) is 5.09. The lowest BCUT2D eigenvalue weighted by Gasteiger charge is -2.34. The Morgan fingerprint density at radius 1 is 0.381 bits per heavy atom. The van der Waals surface area contributed by atoms with E-state index in [1.807, 2.05) is 0 Å². The van der Waals surface area contributed by atoms with Crippen molar-refractivity contribution in [3.8, 4) is 27.9 Å². The van der Waals surface area contributed by atoms with Gasteiger partial charge < -0.3 is 9.47 Å². The molecule has 0 atom stereocenters. The lowest BCUT2D eigenvalue weighted by atomic mass is 9.88. The molecule has 0 bridgehead atoms. The van der Waals surface area contributed by atoms with Crippen LogP contribution >= 0.6 is 0 Å². The summed E-state index contributed by atoms with van der Waals surface area (Å²) in [6.45, 7) is 0. The topological polar surface area (TPSA) is 8.17 Å². The molecule has 2 heteroatoms. The average Bonchev–Trinajstić information content (AvgIpc) is 3.40. The second kappa shape index (κ2) is 8.95. The van der Waals surface area contributed by atoms with Crippen LogP contribution in [-0.2, 0) is 0 Å². The van der Waals surface area contributed by atoms with Crippen LogP contribution in [0.3, 0.4) is 0 Å². The smallest absolute Gasteiger partial charge is 0.0546 e. The standard InChI is InChI=1S/C40H26N2/c1-2-12-27(13-3-1)29-24-28-14-10-23-39-40(28)35(25-29)34-19-6-9-22-38(34)42(39)31-16-11-15-30(26-31)41-36-20-7-4-17-32(36)33-18-5-8-21-37(33)41/h1-26H. The van der Waals surface area contributed by atoms with Gasteiger partial charge in [-0.1, -0.05) is 103 Å². The van der Waals surface area contributed by atoms with Gasteiger partial charge in [0.1, 0.15) is 0 Å². The van der Waals surface area contributed by atoms with Crippen molar-refractivity contribution in [2.75, 3.05) is 4.90 Å². The summed E-state index contributed by atoms with van der Waals surface area (Å²) in [6.07, 6.45) is 0. The summed E-state index contributed by atoms with van der Waals surface area (Å²) in [4.78, 5) is 2.43. The van der Waals surface area contributed by atoms with E-state index in [0.29, 0.717) is 0 Å². The van der Waals surface area contributed by atoms with Crippen LogP contribution in [0, 0.1) is 0 Å². The molecule has 8 aromatic rings. The number of para-hydroxylation sites is 3. The van der Waals surface area contributed by atoms with Crippen molar-refractivity contribution >= 4 is 49.6 Å². The number of hydrogen-bond acceptors (Lipinski definition) is 1. The minimum Gasteiger partial charge on any atom is -0.309 e. The Hall–Kier alpha value is -5.60. The summed E-state index contributed by atoms with van der Waals surface area (Å²) >= 11 is 0. The number of rotatable bonds is 3. The molecule has 1 aromatic heterocycles. The van der Waals surface area contributed by atoms with Crippen molar-refractivity contribution in [3.05, 3.63) is 158 Å². The third kappa shape index (κ3) is 3.33. The zero-order valence-electron chi connectivity index (χ0n) is 22.9. The maximum absolute atomic E-state index is 2.43. The Bertz CT molecular complexity index is 2260. The highest BCUT2D eigenvalue weighted by Gasteiger charge is 2.26. The summed E-state index contributed by atoms with van der Waals surface area (Å²) in [5.74, 6) is 0. The van der Waals surface area contributed by atoms with Gasteiger partial charge in [0.05, 0.1) is 22.4 Å². The number of hydrogen-bond donors (Lipinski definition) is 0. The molecule has 0 aliphatic carbocycles. The van der Waals surface area contributed by atoms with Crippen molar-refractivity contribution in [1.29, 1.82) is 0 Å². The molecule has 0 saturated heterocycles. The van der Waals surface area contributed by atoms with Crippen molar-refractivity contribution in [2.45, 2.75) is 0 Å². The first-order chi connectivity index (χ1) is 20.8. The van der Waals surface area contributed by atoms with Gasteiger partial charge in [0, 0.05) is 33.1 Å². The van der Waals surface area contributed by atoms with Crippen molar-refractivity contribution in [2.24, 2.45) is 0 Å². The fraction of sp³-hybridized carbons (Fsp3) is 0. The van der Waals surface area contributed by atoms with Gasteiger partial charge in [-0.2, -0.15) is 0 Å². The Kier molecular flexibility index (Phi) is 4.93. The quantitative estimate of drug-likeness (QED) is 0.219. The van der Waals surface area contributed by atoms with E-state index >= 15 is 0 Å². The molecule has 0 amide bonds. The van der Waals surface area contributed by atoms with E-state index in [9.17, 15) is 0 Å². The molecule has 0 N–H and O–H groups in total. The Labute approximate surface area is 244 Å². The first kappa shape index (κ1) is 23.1. The zero-order chi connectivity index (χ0) is 27.6. The molecule has 0 saturated carbocycles. The number of anilines is 3. The molecule has 0 spiro atoms. The maximum atomic E-state index is 2.43. The fourth-order valence-corrected chi connectivity index (χ4v) is 6.88. The molecular weight excluding hydrogens is 508 g/mol. The molecule has 0 radical (unpaired) electrons. The highest BCUT2D eigenvalue weighted by Crippen LogP contribution is 2.52. The van der Waals surface area contributed by atoms with Crippen LogP contribution in [0.4, 0.5) is 17.1 Å². The summed E-state index contributed by atoms with van der Waals surface area (Å²) in [5.41, 5.74) is 12.2. The highest BCUT2D eigenvalue weighted by molar-refractivity contribution is 6.15. The Balaban J connectivity index is 1.29. The van der Waals surface area contributed by atoms with E-state index in [0.717, 1.165) is 11.4 Å². The van der Waals surface area contributed by atoms with Crippen LogP contribution in [0.1, 0.15) is 0 Å². The fourth-order valence-electron chi connectivity index (χ4n) is 6.88. The lowest BCUT2D eigenvalue weighted by Crippen LogP contribution is -2.15. The predicted octanol–water partition coefficient (Wildman–Crippen LogP) is 11.1. The van der Waals surface area contributed by atoms with Gasteiger partial charge in [-0.05, 0) is 76.7 Å². The van der Waals surface area contributed by atoms with Gasteiger partial charge in [-0.15, -0.1) is 0 Å². The van der Waals surface area contributed by atoms with Crippen LogP contribution in [0.15, 0.2) is 158 Å². The summed E-state index contributed by atoms with van der Waals surface area (Å²) in [7, 11) is 0. The molecule has 2 nitrogen and oxygen atoms in total.